The van der Waals surface area contributed by atoms with Crippen LogP contribution in [0.3, 0.4) is 0 Å². The third kappa shape index (κ3) is 2.37. The second-order valence-corrected chi connectivity index (χ2v) is 9.89. The summed E-state index contributed by atoms with van der Waals surface area (Å²) >= 11 is 2.95. The summed E-state index contributed by atoms with van der Waals surface area (Å²) in [5.74, 6) is -0.703. The molecule has 13 heavy (non-hydrogen) atoms. The van der Waals surface area contributed by atoms with Crippen molar-refractivity contribution in [3.8, 4) is 0 Å². The van der Waals surface area contributed by atoms with Gasteiger partial charge in [0, 0.05) is 0 Å². The molecule has 4 heteroatoms. The van der Waals surface area contributed by atoms with Crippen molar-refractivity contribution in [3.05, 3.63) is 28.2 Å². The molecule has 0 spiro atoms. The molecule has 0 aliphatic rings. The van der Waals surface area contributed by atoms with Gasteiger partial charge < -0.3 is 0 Å². The number of hydrogen-bond acceptors (Lipinski definition) is 0. The second kappa shape index (κ2) is 3.50. The first kappa shape index (κ1) is 10.9. The van der Waals surface area contributed by atoms with Gasteiger partial charge in [0.05, 0.1) is 12.5 Å². The molecular formula is C9H11BrF2Si. The van der Waals surface area contributed by atoms with Crippen LogP contribution in [0.5, 0.6) is 0 Å². The Bertz CT molecular complexity index is 331. The first-order chi connectivity index (χ1) is 5.82. The Balaban J connectivity index is 3.32. The van der Waals surface area contributed by atoms with Crippen LogP contribution in [0.25, 0.3) is 0 Å². The minimum Gasteiger partial charge on any atom is -0.207 e. The third-order valence-electron chi connectivity index (χ3n) is 1.82. The Kier molecular flexibility index (Phi) is 2.92. The Labute approximate surface area is 86.1 Å². The smallest absolute Gasteiger partial charge is 0.137 e. The molecule has 0 nitrogen and oxygen atoms in total. The number of halogens is 3. The van der Waals surface area contributed by atoms with Crippen molar-refractivity contribution in [3.63, 3.8) is 0 Å². The van der Waals surface area contributed by atoms with Crippen molar-refractivity contribution in [2.24, 2.45) is 0 Å². The summed E-state index contributed by atoms with van der Waals surface area (Å²) in [6.45, 7) is 5.95. The topological polar surface area (TPSA) is 0 Å². The van der Waals surface area contributed by atoms with E-state index in [1.165, 1.54) is 12.1 Å². The fourth-order valence-corrected chi connectivity index (χ4v) is 2.76. The fourth-order valence-electron chi connectivity index (χ4n) is 1.10. The molecule has 1 aromatic rings. The summed E-state index contributed by atoms with van der Waals surface area (Å²) in [6.07, 6.45) is 0. The van der Waals surface area contributed by atoms with Crippen LogP contribution >= 0.6 is 15.9 Å². The molecular weight excluding hydrogens is 254 g/mol. The van der Waals surface area contributed by atoms with E-state index in [4.69, 9.17) is 0 Å². The molecule has 0 aliphatic carbocycles. The van der Waals surface area contributed by atoms with Crippen LogP contribution in [0, 0.1) is 11.6 Å². The van der Waals surface area contributed by atoms with Crippen LogP contribution in [0.1, 0.15) is 0 Å². The zero-order valence-electron chi connectivity index (χ0n) is 7.79. The van der Waals surface area contributed by atoms with Gasteiger partial charge in [-0.25, -0.2) is 8.78 Å². The van der Waals surface area contributed by atoms with Crippen LogP contribution in [0.2, 0.25) is 19.6 Å². The zero-order chi connectivity index (χ0) is 10.2. The van der Waals surface area contributed by atoms with Crippen LogP contribution < -0.4 is 5.19 Å². The number of hydrogen-bond donors (Lipinski definition) is 0. The SMILES string of the molecule is C[Si](C)(C)c1cc(F)c(Br)cc1F. The standard InChI is InChI=1S/C9H11BrF2Si/c1-13(2,3)9-5-7(11)6(10)4-8(9)12/h4-5H,1-3H3. The lowest BCUT2D eigenvalue weighted by Gasteiger charge is -2.17. The van der Waals surface area contributed by atoms with Gasteiger partial charge in [-0.05, 0) is 33.2 Å². The number of rotatable bonds is 1. The lowest BCUT2D eigenvalue weighted by atomic mass is 10.3. The van der Waals surface area contributed by atoms with E-state index in [1.807, 2.05) is 19.6 Å². The Morgan fingerprint density at radius 3 is 2.08 bits per heavy atom. The van der Waals surface area contributed by atoms with Crippen LogP contribution in [0.15, 0.2) is 16.6 Å². The first-order valence-electron chi connectivity index (χ1n) is 3.97. The minimum absolute atomic E-state index is 0.187. The molecule has 0 N–H and O–H groups in total. The van der Waals surface area contributed by atoms with E-state index in [2.05, 4.69) is 15.9 Å². The summed E-state index contributed by atoms with van der Waals surface area (Å²) < 4.78 is 26.6. The molecule has 0 heterocycles. The maximum absolute atomic E-state index is 13.4. The van der Waals surface area contributed by atoms with E-state index in [1.54, 1.807) is 0 Å². The van der Waals surface area contributed by atoms with Gasteiger partial charge in [0.2, 0.25) is 0 Å². The van der Waals surface area contributed by atoms with E-state index < -0.39 is 8.07 Å². The van der Waals surface area contributed by atoms with Gasteiger partial charge in [0.25, 0.3) is 0 Å². The molecule has 1 rings (SSSR count). The highest BCUT2D eigenvalue weighted by atomic mass is 79.9. The van der Waals surface area contributed by atoms with Crippen LogP contribution in [-0.2, 0) is 0 Å². The maximum atomic E-state index is 13.4. The lowest BCUT2D eigenvalue weighted by molar-refractivity contribution is 0.600. The van der Waals surface area contributed by atoms with E-state index in [-0.39, 0.29) is 16.1 Å². The molecule has 0 atom stereocenters. The molecule has 0 saturated carbocycles. The van der Waals surface area contributed by atoms with Gasteiger partial charge in [-0.1, -0.05) is 19.6 Å². The van der Waals surface area contributed by atoms with Gasteiger partial charge in [0.1, 0.15) is 11.6 Å². The van der Waals surface area contributed by atoms with Gasteiger partial charge in [-0.15, -0.1) is 0 Å². The van der Waals surface area contributed by atoms with Crippen molar-refractivity contribution in [2.75, 3.05) is 0 Å². The van der Waals surface area contributed by atoms with Crippen molar-refractivity contribution in [1.29, 1.82) is 0 Å². The van der Waals surface area contributed by atoms with Gasteiger partial charge in [0.15, 0.2) is 0 Å². The van der Waals surface area contributed by atoms with E-state index in [0.717, 1.165) is 0 Å². The molecule has 0 aliphatic heterocycles. The summed E-state index contributed by atoms with van der Waals surface area (Å²) in [4.78, 5) is 0. The average molecular weight is 265 g/mol. The Morgan fingerprint density at radius 1 is 1.08 bits per heavy atom. The van der Waals surface area contributed by atoms with Crippen molar-refractivity contribution >= 4 is 29.2 Å². The maximum Gasteiger partial charge on any atom is 0.137 e. The van der Waals surface area contributed by atoms with E-state index in [9.17, 15) is 8.78 Å². The van der Waals surface area contributed by atoms with Gasteiger partial charge >= 0.3 is 0 Å². The minimum atomic E-state index is -1.77. The summed E-state index contributed by atoms with van der Waals surface area (Å²) in [6, 6.07) is 2.49. The molecule has 0 unspecified atom stereocenters. The van der Waals surface area contributed by atoms with E-state index in [0.29, 0.717) is 5.19 Å². The summed E-state index contributed by atoms with van der Waals surface area (Å²) in [7, 11) is -1.77. The highest BCUT2D eigenvalue weighted by Gasteiger charge is 2.22. The largest absolute Gasteiger partial charge is 0.207 e. The van der Waals surface area contributed by atoms with Gasteiger partial charge in [-0.3, -0.25) is 0 Å². The van der Waals surface area contributed by atoms with Crippen molar-refractivity contribution in [1.82, 2.24) is 0 Å². The van der Waals surface area contributed by atoms with Crippen LogP contribution in [-0.4, -0.2) is 8.07 Å². The van der Waals surface area contributed by atoms with Crippen molar-refractivity contribution < 1.29 is 8.78 Å². The molecule has 0 aromatic heterocycles. The quantitative estimate of drug-likeness (QED) is 0.540. The number of benzene rings is 1. The fraction of sp³-hybridized carbons (Fsp3) is 0.333. The molecule has 72 valence electrons. The Hall–Kier alpha value is -0.223. The van der Waals surface area contributed by atoms with Gasteiger partial charge in [-0.2, -0.15) is 0 Å². The zero-order valence-corrected chi connectivity index (χ0v) is 10.4. The normalized spacial score (nSPS) is 11.8. The second-order valence-electron chi connectivity index (χ2n) is 4.00. The molecule has 0 radical (unpaired) electrons. The highest BCUT2D eigenvalue weighted by Crippen LogP contribution is 2.17. The summed E-state index contributed by atoms with van der Waals surface area (Å²) in [5.41, 5.74) is 0. The molecule has 0 saturated heterocycles. The Morgan fingerprint density at radius 2 is 1.62 bits per heavy atom. The summed E-state index contributed by atoms with van der Waals surface area (Å²) in [5, 5.41) is 0.535. The van der Waals surface area contributed by atoms with E-state index >= 15 is 0 Å². The molecule has 0 bridgehead atoms. The predicted octanol–water partition coefficient (Wildman–Crippen LogP) is 3.27. The lowest BCUT2D eigenvalue weighted by Crippen LogP contribution is -2.40. The predicted molar refractivity (Wildman–Crippen MR) is 57.0 cm³/mol. The molecule has 0 amide bonds. The highest BCUT2D eigenvalue weighted by molar-refractivity contribution is 9.10. The molecule has 0 fully saturated rings. The van der Waals surface area contributed by atoms with Crippen LogP contribution in [0.4, 0.5) is 8.78 Å². The monoisotopic (exact) mass is 264 g/mol. The third-order valence-corrected chi connectivity index (χ3v) is 4.42. The average Bonchev–Trinajstić information content (AvgIpc) is 1.94. The first-order valence-corrected chi connectivity index (χ1v) is 8.26. The van der Waals surface area contributed by atoms with Crippen molar-refractivity contribution in [2.45, 2.75) is 19.6 Å². The molecule has 1 aromatic carbocycles.